The van der Waals surface area contributed by atoms with Crippen molar-refractivity contribution < 1.29 is 0 Å². The van der Waals surface area contributed by atoms with Gasteiger partial charge in [-0.05, 0) is 31.7 Å². The molecule has 0 radical (unpaired) electrons. The quantitative estimate of drug-likeness (QED) is 0.466. The van der Waals surface area contributed by atoms with Crippen LogP contribution >= 0.6 is 0 Å². The zero-order valence-electron chi connectivity index (χ0n) is 7.66. The molecule has 0 unspecified atom stereocenters. The molecule has 0 atom stereocenters. The largest absolute Gasteiger partial charge is 0.0917 e. The fourth-order valence-corrected chi connectivity index (χ4v) is 1.24. The monoisotopic (exact) mass is 160 g/mol. The Morgan fingerprint density at radius 1 is 1.17 bits per heavy atom. The van der Waals surface area contributed by atoms with Crippen LogP contribution in [0.4, 0.5) is 0 Å². The van der Waals surface area contributed by atoms with E-state index in [9.17, 15) is 0 Å². The minimum absolute atomic E-state index is 1.20. The first kappa shape index (κ1) is 9.05. The molecule has 0 aliphatic rings. The van der Waals surface area contributed by atoms with Gasteiger partial charge in [0.05, 0.1) is 0 Å². The molecule has 0 N–H and O–H groups in total. The molecular weight excluding hydrogens is 144 g/mol. The van der Waals surface area contributed by atoms with Crippen molar-refractivity contribution in [2.45, 2.75) is 26.2 Å². The molecule has 0 nitrogen and oxygen atoms in total. The normalized spacial score (nSPS) is 10.8. The van der Waals surface area contributed by atoms with Crippen LogP contribution in [0.1, 0.15) is 25.3 Å². The van der Waals surface area contributed by atoms with Crippen molar-refractivity contribution in [1.82, 2.24) is 0 Å². The van der Waals surface area contributed by atoms with Gasteiger partial charge >= 0.3 is 0 Å². The molecule has 1 aromatic carbocycles. The maximum atomic E-state index is 2.23. The van der Waals surface area contributed by atoms with E-state index < -0.39 is 0 Å². The smallest absolute Gasteiger partial charge is 0.0276 e. The Labute approximate surface area is 74.9 Å². The molecule has 0 saturated heterocycles. The van der Waals surface area contributed by atoms with Crippen LogP contribution in [0.3, 0.4) is 0 Å². The molecule has 0 heterocycles. The van der Waals surface area contributed by atoms with Crippen LogP contribution in [0.5, 0.6) is 0 Å². The van der Waals surface area contributed by atoms with Gasteiger partial charge in [0.2, 0.25) is 0 Å². The third-order valence-electron chi connectivity index (χ3n) is 1.91. The van der Waals surface area contributed by atoms with Crippen LogP contribution in [0, 0.1) is 0 Å². The van der Waals surface area contributed by atoms with Crippen molar-refractivity contribution in [3.8, 4) is 0 Å². The molecule has 64 valence electrons. The van der Waals surface area contributed by atoms with Crippen LogP contribution in [0.25, 0.3) is 0 Å². The molecule has 0 amide bonds. The number of aryl methyl sites for hydroxylation is 1. The van der Waals surface area contributed by atoms with E-state index in [1.54, 1.807) is 0 Å². The molecule has 0 fully saturated rings. The summed E-state index contributed by atoms with van der Waals surface area (Å²) in [6, 6.07) is 10.6. The van der Waals surface area contributed by atoms with Crippen LogP contribution < -0.4 is 0 Å². The van der Waals surface area contributed by atoms with Gasteiger partial charge in [0, 0.05) is 0 Å². The maximum absolute atomic E-state index is 2.23. The fourth-order valence-electron chi connectivity index (χ4n) is 1.24. The van der Waals surface area contributed by atoms with Crippen LogP contribution in [0.15, 0.2) is 42.5 Å². The molecule has 0 heteroatoms. The van der Waals surface area contributed by atoms with Crippen LogP contribution in [-0.2, 0) is 6.42 Å². The third kappa shape index (κ3) is 3.38. The Morgan fingerprint density at radius 2 is 1.92 bits per heavy atom. The van der Waals surface area contributed by atoms with Gasteiger partial charge in [-0.25, -0.2) is 0 Å². The summed E-state index contributed by atoms with van der Waals surface area (Å²) in [6.45, 7) is 2.07. The lowest BCUT2D eigenvalue weighted by atomic mass is 10.1. The third-order valence-corrected chi connectivity index (χ3v) is 1.91. The van der Waals surface area contributed by atoms with Crippen molar-refractivity contribution in [2.75, 3.05) is 0 Å². The second kappa shape index (κ2) is 5.59. The van der Waals surface area contributed by atoms with Gasteiger partial charge in [-0.3, -0.25) is 0 Å². The molecule has 0 spiro atoms. The number of rotatable bonds is 4. The maximum Gasteiger partial charge on any atom is -0.0276 e. The molecule has 1 aromatic rings. The Balaban J connectivity index is 2.24. The van der Waals surface area contributed by atoms with E-state index in [1.165, 1.54) is 24.8 Å². The van der Waals surface area contributed by atoms with Crippen LogP contribution in [0.2, 0.25) is 0 Å². The zero-order chi connectivity index (χ0) is 8.65. The van der Waals surface area contributed by atoms with E-state index in [2.05, 4.69) is 49.4 Å². The van der Waals surface area contributed by atoms with Gasteiger partial charge in [-0.1, -0.05) is 42.5 Å². The van der Waals surface area contributed by atoms with E-state index in [0.717, 1.165) is 0 Å². The Hall–Kier alpha value is -1.04. The zero-order valence-corrected chi connectivity index (χ0v) is 7.66. The fraction of sp³-hybridized carbons (Fsp3) is 0.333. The number of benzene rings is 1. The predicted molar refractivity (Wildman–Crippen MR) is 54.2 cm³/mol. The Kier molecular flexibility index (Phi) is 4.22. The van der Waals surface area contributed by atoms with E-state index >= 15 is 0 Å². The Morgan fingerprint density at radius 3 is 2.58 bits per heavy atom. The summed E-state index contributed by atoms with van der Waals surface area (Å²) in [5.74, 6) is 0. The predicted octanol–water partition coefficient (Wildman–Crippen LogP) is 3.59. The van der Waals surface area contributed by atoms with Gasteiger partial charge in [-0.2, -0.15) is 0 Å². The highest BCUT2D eigenvalue weighted by atomic mass is 13.9. The standard InChI is InChI=1S/C12H16/c1-2-3-4-6-9-12-10-7-5-8-11-12/h2-3,5,7-8,10-11H,4,6,9H2,1H3/b3-2-. The Bertz CT molecular complexity index is 221. The van der Waals surface area contributed by atoms with Crippen molar-refractivity contribution in [3.63, 3.8) is 0 Å². The molecular formula is C12H16. The second-order valence-corrected chi connectivity index (χ2v) is 2.95. The second-order valence-electron chi connectivity index (χ2n) is 2.95. The van der Waals surface area contributed by atoms with Gasteiger partial charge in [-0.15, -0.1) is 0 Å². The summed E-state index contributed by atoms with van der Waals surface area (Å²) in [4.78, 5) is 0. The first-order valence-electron chi connectivity index (χ1n) is 4.58. The minimum Gasteiger partial charge on any atom is -0.0917 e. The van der Waals surface area contributed by atoms with Gasteiger partial charge in [0.1, 0.15) is 0 Å². The van der Waals surface area contributed by atoms with E-state index in [0.29, 0.717) is 0 Å². The summed E-state index contributed by atoms with van der Waals surface area (Å²) < 4.78 is 0. The lowest BCUT2D eigenvalue weighted by molar-refractivity contribution is 0.842. The summed E-state index contributed by atoms with van der Waals surface area (Å²) in [7, 11) is 0. The number of allylic oxidation sites excluding steroid dienone is 2. The first-order chi connectivity index (χ1) is 5.93. The topological polar surface area (TPSA) is 0 Å². The van der Waals surface area contributed by atoms with Crippen LogP contribution in [-0.4, -0.2) is 0 Å². The summed E-state index contributed by atoms with van der Waals surface area (Å²) in [6.07, 6.45) is 8.00. The highest BCUT2D eigenvalue weighted by Gasteiger charge is 1.88. The van der Waals surface area contributed by atoms with Gasteiger partial charge in [0.15, 0.2) is 0 Å². The number of hydrogen-bond acceptors (Lipinski definition) is 0. The van der Waals surface area contributed by atoms with E-state index in [-0.39, 0.29) is 0 Å². The summed E-state index contributed by atoms with van der Waals surface area (Å²) in [5.41, 5.74) is 1.45. The van der Waals surface area contributed by atoms with Crippen molar-refractivity contribution in [2.24, 2.45) is 0 Å². The SMILES string of the molecule is C/C=C\CCCc1ccccc1. The average molecular weight is 160 g/mol. The molecule has 0 saturated carbocycles. The number of hydrogen-bond donors (Lipinski definition) is 0. The minimum atomic E-state index is 1.20. The lowest BCUT2D eigenvalue weighted by Gasteiger charge is -1.97. The van der Waals surface area contributed by atoms with E-state index in [4.69, 9.17) is 0 Å². The molecule has 1 rings (SSSR count). The lowest BCUT2D eigenvalue weighted by Crippen LogP contribution is -1.82. The molecule has 0 aromatic heterocycles. The molecule has 0 aliphatic carbocycles. The molecule has 0 aliphatic heterocycles. The average Bonchev–Trinajstić information content (AvgIpc) is 2.14. The highest BCUT2D eigenvalue weighted by Crippen LogP contribution is 2.04. The van der Waals surface area contributed by atoms with Crippen molar-refractivity contribution >= 4 is 0 Å². The summed E-state index contributed by atoms with van der Waals surface area (Å²) >= 11 is 0. The summed E-state index contributed by atoms with van der Waals surface area (Å²) in [5, 5.41) is 0. The molecule has 0 bridgehead atoms. The first-order valence-corrected chi connectivity index (χ1v) is 4.58. The molecule has 12 heavy (non-hydrogen) atoms. The van der Waals surface area contributed by atoms with Gasteiger partial charge < -0.3 is 0 Å². The van der Waals surface area contributed by atoms with Gasteiger partial charge in [0.25, 0.3) is 0 Å². The number of unbranched alkanes of at least 4 members (excludes halogenated alkanes) is 1. The van der Waals surface area contributed by atoms with Crippen molar-refractivity contribution in [1.29, 1.82) is 0 Å². The van der Waals surface area contributed by atoms with E-state index in [1.807, 2.05) is 0 Å². The van der Waals surface area contributed by atoms with Crippen molar-refractivity contribution in [3.05, 3.63) is 48.0 Å². The highest BCUT2D eigenvalue weighted by molar-refractivity contribution is 5.14.